The Hall–Kier alpha value is -1.43. The van der Waals surface area contributed by atoms with Gasteiger partial charge in [0.25, 0.3) is 5.91 Å². The number of hydrogen-bond acceptors (Lipinski definition) is 3. The molecule has 1 aromatic carbocycles. The van der Waals surface area contributed by atoms with E-state index >= 15 is 0 Å². The number of aromatic nitrogens is 1. The highest BCUT2D eigenvalue weighted by Gasteiger charge is 2.18. The number of amides is 1. The van der Waals surface area contributed by atoms with Gasteiger partial charge in [-0.15, -0.1) is 24.8 Å². The van der Waals surface area contributed by atoms with Crippen LogP contribution >= 0.6 is 24.8 Å². The first-order valence-corrected chi connectivity index (χ1v) is 6.69. The minimum absolute atomic E-state index is 0. The average Bonchev–Trinajstić information content (AvgIpc) is 2.35. The predicted octanol–water partition coefficient (Wildman–Crippen LogP) is 2.48. The van der Waals surface area contributed by atoms with Gasteiger partial charge in [0, 0.05) is 37.0 Å². The van der Waals surface area contributed by atoms with E-state index in [1.807, 2.05) is 0 Å². The molecule has 2 N–H and O–H groups in total. The molecule has 3 rings (SSSR count). The van der Waals surface area contributed by atoms with Crippen LogP contribution in [0.3, 0.4) is 0 Å². The molecule has 0 spiro atoms. The minimum atomic E-state index is -0.320. The number of pyridine rings is 1. The SMILES string of the molecule is Cc1nc2cc(F)ccc2cc1C(=O)NCC1CNC1.Cl.Cl. The van der Waals surface area contributed by atoms with Gasteiger partial charge in [-0.25, -0.2) is 4.39 Å². The third-order valence-corrected chi connectivity index (χ3v) is 3.63. The van der Waals surface area contributed by atoms with E-state index in [0.29, 0.717) is 29.2 Å². The second kappa shape index (κ2) is 7.72. The van der Waals surface area contributed by atoms with Crippen LogP contribution in [-0.4, -0.2) is 30.5 Å². The van der Waals surface area contributed by atoms with E-state index in [1.54, 1.807) is 19.1 Å². The fraction of sp³-hybridized carbons (Fsp3) is 0.333. The Morgan fingerprint density at radius 3 is 2.73 bits per heavy atom. The van der Waals surface area contributed by atoms with Crippen LogP contribution in [0, 0.1) is 18.7 Å². The van der Waals surface area contributed by atoms with E-state index in [9.17, 15) is 9.18 Å². The molecule has 1 fully saturated rings. The molecule has 0 unspecified atom stereocenters. The fourth-order valence-electron chi connectivity index (χ4n) is 2.29. The summed E-state index contributed by atoms with van der Waals surface area (Å²) >= 11 is 0. The lowest BCUT2D eigenvalue weighted by Gasteiger charge is -2.27. The van der Waals surface area contributed by atoms with Crippen molar-refractivity contribution in [3.8, 4) is 0 Å². The number of aryl methyl sites for hydroxylation is 1. The Labute approximate surface area is 140 Å². The van der Waals surface area contributed by atoms with Gasteiger partial charge >= 0.3 is 0 Å². The van der Waals surface area contributed by atoms with Crippen molar-refractivity contribution >= 4 is 41.6 Å². The summed E-state index contributed by atoms with van der Waals surface area (Å²) in [5.41, 5.74) is 1.74. The highest BCUT2D eigenvalue weighted by Crippen LogP contribution is 2.17. The van der Waals surface area contributed by atoms with Gasteiger partial charge in [-0.2, -0.15) is 0 Å². The summed E-state index contributed by atoms with van der Waals surface area (Å²) in [5, 5.41) is 6.86. The molecule has 2 heterocycles. The molecule has 0 saturated carbocycles. The second-order valence-electron chi connectivity index (χ2n) is 5.19. The number of nitrogens with zero attached hydrogens (tertiary/aromatic N) is 1. The minimum Gasteiger partial charge on any atom is -0.352 e. The molecule has 22 heavy (non-hydrogen) atoms. The summed E-state index contributed by atoms with van der Waals surface area (Å²) in [6, 6.07) is 6.17. The first-order chi connectivity index (χ1) is 9.63. The molecule has 1 saturated heterocycles. The molecule has 1 amide bonds. The van der Waals surface area contributed by atoms with Crippen molar-refractivity contribution in [2.45, 2.75) is 6.92 Å². The smallest absolute Gasteiger partial charge is 0.253 e. The van der Waals surface area contributed by atoms with E-state index < -0.39 is 0 Å². The molecule has 1 aliphatic heterocycles. The zero-order valence-electron chi connectivity index (χ0n) is 12.1. The van der Waals surface area contributed by atoms with Crippen LogP contribution < -0.4 is 10.6 Å². The highest BCUT2D eigenvalue weighted by atomic mass is 35.5. The second-order valence-corrected chi connectivity index (χ2v) is 5.19. The van der Waals surface area contributed by atoms with Crippen LogP contribution in [0.5, 0.6) is 0 Å². The Bertz CT molecular complexity index is 677. The topological polar surface area (TPSA) is 54.0 Å². The number of carbonyl (C=O) groups is 1. The Kier molecular flexibility index (Phi) is 6.53. The number of benzene rings is 1. The molecule has 2 aromatic rings. The first kappa shape index (κ1) is 18.6. The number of rotatable bonds is 3. The molecule has 1 aromatic heterocycles. The van der Waals surface area contributed by atoms with Gasteiger partial charge in [-0.05, 0) is 25.1 Å². The van der Waals surface area contributed by atoms with E-state index in [0.717, 1.165) is 18.5 Å². The molecule has 0 radical (unpaired) electrons. The molecule has 7 heteroatoms. The van der Waals surface area contributed by atoms with Gasteiger partial charge in [0.1, 0.15) is 5.82 Å². The Morgan fingerprint density at radius 2 is 2.09 bits per heavy atom. The standard InChI is InChI=1S/C15H16FN3O.2ClH/c1-9-13(15(20)18-8-10-6-17-7-10)4-11-2-3-12(16)5-14(11)19-9;;/h2-5,10,17H,6-8H2,1H3,(H,18,20);2*1H. The quantitative estimate of drug-likeness (QED) is 0.898. The van der Waals surface area contributed by atoms with Gasteiger partial charge < -0.3 is 10.6 Å². The molecule has 1 aliphatic rings. The van der Waals surface area contributed by atoms with Crippen molar-refractivity contribution in [3.05, 3.63) is 41.3 Å². The van der Waals surface area contributed by atoms with Crippen molar-refractivity contribution in [3.63, 3.8) is 0 Å². The number of hydrogen-bond donors (Lipinski definition) is 2. The average molecular weight is 346 g/mol. The maximum Gasteiger partial charge on any atom is 0.253 e. The van der Waals surface area contributed by atoms with E-state index in [4.69, 9.17) is 0 Å². The number of carbonyl (C=O) groups excluding carboxylic acids is 1. The van der Waals surface area contributed by atoms with Crippen LogP contribution in [0.2, 0.25) is 0 Å². The zero-order valence-corrected chi connectivity index (χ0v) is 13.7. The lowest BCUT2D eigenvalue weighted by atomic mass is 10.0. The van der Waals surface area contributed by atoms with Crippen molar-refractivity contribution in [1.29, 1.82) is 0 Å². The molecular formula is C15H18Cl2FN3O. The molecule has 4 nitrogen and oxygen atoms in total. The first-order valence-electron chi connectivity index (χ1n) is 6.69. The summed E-state index contributed by atoms with van der Waals surface area (Å²) in [5.74, 6) is 0.0778. The van der Waals surface area contributed by atoms with Crippen LogP contribution in [0.1, 0.15) is 16.1 Å². The summed E-state index contributed by atoms with van der Waals surface area (Å²) in [6.45, 7) is 4.35. The van der Waals surface area contributed by atoms with Gasteiger partial charge in [-0.3, -0.25) is 9.78 Å². The fourth-order valence-corrected chi connectivity index (χ4v) is 2.29. The van der Waals surface area contributed by atoms with Crippen molar-refractivity contribution in [2.75, 3.05) is 19.6 Å². The molecule has 0 aliphatic carbocycles. The zero-order chi connectivity index (χ0) is 14.1. The number of nitrogens with one attached hydrogen (secondary N) is 2. The maximum absolute atomic E-state index is 13.2. The van der Waals surface area contributed by atoms with Crippen LogP contribution in [0.4, 0.5) is 4.39 Å². The van der Waals surface area contributed by atoms with Crippen molar-refractivity contribution in [1.82, 2.24) is 15.6 Å². The van der Waals surface area contributed by atoms with Crippen LogP contribution in [0.15, 0.2) is 24.3 Å². The third kappa shape index (κ3) is 3.85. The predicted molar refractivity (Wildman–Crippen MR) is 89.6 cm³/mol. The number of halogens is 3. The van der Waals surface area contributed by atoms with E-state index in [1.165, 1.54) is 12.1 Å². The van der Waals surface area contributed by atoms with E-state index in [-0.39, 0.29) is 36.5 Å². The molecule has 120 valence electrons. The lowest BCUT2D eigenvalue weighted by Crippen LogP contribution is -2.48. The largest absolute Gasteiger partial charge is 0.352 e. The van der Waals surface area contributed by atoms with Gasteiger partial charge in [-0.1, -0.05) is 0 Å². The normalized spacial score (nSPS) is 13.7. The lowest BCUT2D eigenvalue weighted by molar-refractivity contribution is 0.0941. The van der Waals surface area contributed by atoms with Gasteiger partial charge in [0.05, 0.1) is 16.8 Å². The Morgan fingerprint density at radius 1 is 1.36 bits per heavy atom. The van der Waals surface area contributed by atoms with Crippen LogP contribution in [-0.2, 0) is 0 Å². The highest BCUT2D eigenvalue weighted by molar-refractivity contribution is 5.98. The van der Waals surface area contributed by atoms with Gasteiger partial charge in [0.2, 0.25) is 0 Å². The summed E-state index contributed by atoms with van der Waals surface area (Å²) in [6.07, 6.45) is 0. The third-order valence-electron chi connectivity index (χ3n) is 3.63. The Balaban J connectivity index is 0.00000121. The van der Waals surface area contributed by atoms with Crippen molar-refractivity contribution < 1.29 is 9.18 Å². The molecule has 0 atom stereocenters. The molecular weight excluding hydrogens is 328 g/mol. The molecule has 0 bridgehead atoms. The summed E-state index contributed by atoms with van der Waals surface area (Å²) in [4.78, 5) is 16.5. The monoisotopic (exact) mass is 345 g/mol. The van der Waals surface area contributed by atoms with Crippen molar-refractivity contribution in [2.24, 2.45) is 5.92 Å². The van der Waals surface area contributed by atoms with E-state index in [2.05, 4.69) is 15.6 Å². The van der Waals surface area contributed by atoms with Gasteiger partial charge in [0.15, 0.2) is 0 Å². The summed E-state index contributed by atoms with van der Waals surface area (Å²) in [7, 11) is 0. The maximum atomic E-state index is 13.2. The number of fused-ring (bicyclic) bond motifs is 1. The van der Waals surface area contributed by atoms with Crippen LogP contribution in [0.25, 0.3) is 10.9 Å². The summed E-state index contributed by atoms with van der Waals surface area (Å²) < 4.78 is 13.2.